The Morgan fingerprint density at radius 3 is 2.57 bits per heavy atom. The first-order valence-electron chi connectivity index (χ1n) is 6.58. The van der Waals surface area contributed by atoms with Crippen LogP contribution in [0.4, 0.5) is 4.79 Å². The molecule has 0 spiro atoms. The summed E-state index contributed by atoms with van der Waals surface area (Å²) in [4.78, 5) is 30.8. The van der Waals surface area contributed by atoms with E-state index < -0.39 is 0 Å². The Morgan fingerprint density at radius 2 is 2.05 bits per heavy atom. The van der Waals surface area contributed by atoms with Crippen molar-refractivity contribution in [2.45, 2.75) is 6.04 Å². The highest BCUT2D eigenvalue weighted by molar-refractivity contribution is 5.83. The van der Waals surface area contributed by atoms with Crippen molar-refractivity contribution in [2.24, 2.45) is 0 Å². The van der Waals surface area contributed by atoms with Crippen molar-refractivity contribution in [1.29, 1.82) is 0 Å². The van der Waals surface area contributed by atoms with Crippen molar-refractivity contribution in [2.75, 3.05) is 41.4 Å². The van der Waals surface area contributed by atoms with Gasteiger partial charge in [-0.2, -0.15) is 0 Å². The van der Waals surface area contributed by atoms with Gasteiger partial charge in [-0.25, -0.2) is 4.79 Å². The molecule has 0 bridgehead atoms. The first kappa shape index (κ1) is 16.9. The van der Waals surface area contributed by atoms with Gasteiger partial charge in [0.2, 0.25) is 5.91 Å². The topological polar surface area (TPSA) is 74.8 Å². The molecule has 3 amide bonds. The van der Waals surface area contributed by atoms with Gasteiger partial charge in [0.15, 0.2) is 0 Å². The van der Waals surface area contributed by atoms with Gasteiger partial charge in [0.05, 0.1) is 24.9 Å². The van der Waals surface area contributed by atoms with Gasteiger partial charge in [0.1, 0.15) is 0 Å². The maximum Gasteiger partial charge on any atom is 0.318 e. The zero-order valence-electron chi connectivity index (χ0n) is 12.9. The molecular formula is C14H22N4O3. The molecule has 7 heteroatoms. The fraction of sp³-hybridized carbons (Fsp3) is 0.500. The van der Waals surface area contributed by atoms with E-state index in [0.717, 1.165) is 5.69 Å². The third-order valence-electron chi connectivity index (χ3n) is 3.03. The summed E-state index contributed by atoms with van der Waals surface area (Å²) in [6.45, 7) is 0.278. The number of urea groups is 1. The minimum absolute atomic E-state index is 0.0436. The molecule has 0 saturated carbocycles. The summed E-state index contributed by atoms with van der Waals surface area (Å²) >= 11 is 0. The van der Waals surface area contributed by atoms with Crippen molar-refractivity contribution in [3.8, 4) is 0 Å². The summed E-state index contributed by atoms with van der Waals surface area (Å²) in [7, 11) is 6.49. The molecule has 1 N–H and O–H groups in total. The lowest BCUT2D eigenvalue weighted by Gasteiger charge is -2.27. The highest BCUT2D eigenvalue weighted by Gasteiger charge is 2.23. The zero-order valence-corrected chi connectivity index (χ0v) is 12.9. The van der Waals surface area contributed by atoms with Crippen LogP contribution >= 0.6 is 0 Å². The average molecular weight is 294 g/mol. The lowest BCUT2D eigenvalue weighted by Crippen LogP contribution is -2.44. The zero-order chi connectivity index (χ0) is 15.8. The maximum atomic E-state index is 12.1. The van der Waals surface area contributed by atoms with E-state index in [0.29, 0.717) is 6.61 Å². The monoisotopic (exact) mass is 294 g/mol. The van der Waals surface area contributed by atoms with E-state index in [1.54, 1.807) is 34.4 Å². The first-order valence-corrected chi connectivity index (χ1v) is 6.58. The van der Waals surface area contributed by atoms with Crippen LogP contribution in [0.3, 0.4) is 0 Å². The van der Waals surface area contributed by atoms with Crippen molar-refractivity contribution < 1.29 is 14.3 Å². The molecule has 0 fully saturated rings. The minimum atomic E-state index is -0.349. The van der Waals surface area contributed by atoms with Crippen molar-refractivity contribution in [1.82, 2.24) is 20.1 Å². The van der Waals surface area contributed by atoms with E-state index in [9.17, 15) is 9.59 Å². The van der Waals surface area contributed by atoms with E-state index >= 15 is 0 Å². The Bertz CT molecular complexity index is 465. The number of rotatable bonds is 6. The second-order valence-electron chi connectivity index (χ2n) is 4.78. The number of hydrogen-bond donors (Lipinski definition) is 1. The lowest BCUT2D eigenvalue weighted by atomic mass is 10.2. The van der Waals surface area contributed by atoms with Gasteiger partial charge in [0, 0.05) is 34.4 Å². The van der Waals surface area contributed by atoms with Crippen LogP contribution in [0.25, 0.3) is 0 Å². The summed E-state index contributed by atoms with van der Waals surface area (Å²) < 4.78 is 5.16. The molecule has 0 unspecified atom stereocenters. The molecule has 7 nitrogen and oxygen atoms in total. The number of carbonyl (C=O) groups excluding carboxylic acids is 2. The number of nitrogens with one attached hydrogen (secondary N) is 1. The molecule has 0 aliphatic carbocycles. The highest BCUT2D eigenvalue weighted by Crippen LogP contribution is 2.17. The number of methoxy groups -OCH3 is 1. The van der Waals surface area contributed by atoms with Gasteiger partial charge in [-0.1, -0.05) is 6.07 Å². The smallest absolute Gasteiger partial charge is 0.318 e. The Morgan fingerprint density at radius 1 is 1.33 bits per heavy atom. The maximum absolute atomic E-state index is 12.1. The number of likely N-dealkylation sites (N-methyl/N-ethyl adjacent to an activating group) is 2. The summed E-state index contributed by atoms with van der Waals surface area (Å²) in [5.74, 6) is -0.169. The predicted molar refractivity (Wildman–Crippen MR) is 78.7 cm³/mol. The standard InChI is InChI=1S/C14H22N4O3/c1-17(2)13(19)9-16-14(20)18(3)12(10-21-4)11-7-5-6-8-15-11/h5-8,12H,9-10H2,1-4H3,(H,16,20)/t12-/m0/s1. The molecule has 1 heterocycles. The molecule has 0 aromatic carbocycles. The van der Waals surface area contributed by atoms with E-state index in [1.807, 2.05) is 18.2 Å². The first-order chi connectivity index (χ1) is 9.97. The molecule has 116 valence electrons. The number of amides is 3. The number of pyridine rings is 1. The Balaban J connectivity index is 2.70. The van der Waals surface area contributed by atoms with Crippen LogP contribution < -0.4 is 5.32 Å². The molecule has 0 saturated heterocycles. The summed E-state index contributed by atoms with van der Waals surface area (Å²) in [6.07, 6.45) is 1.67. The molecular weight excluding hydrogens is 272 g/mol. The van der Waals surface area contributed by atoms with Gasteiger partial charge < -0.3 is 19.9 Å². The molecule has 1 aromatic rings. The molecule has 0 radical (unpaired) electrons. The summed E-state index contributed by atoms with van der Waals surface area (Å²) in [5, 5.41) is 2.58. The van der Waals surface area contributed by atoms with Gasteiger partial charge in [-0.05, 0) is 12.1 Å². The van der Waals surface area contributed by atoms with Crippen molar-refractivity contribution >= 4 is 11.9 Å². The van der Waals surface area contributed by atoms with E-state index in [4.69, 9.17) is 4.74 Å². The Labute approximate surface area is 124 Å². The Kier molecular flexibility index (Phi) is 6.61. The van der Waals surface area contributed by atoms with Crippen molar-refractivity contribution in [3.63, 3.8) is 0 Å². The second-order valence-corrected chi connectivity index (χ2v) is 4.78. The van der Waals surface area contributed by atoms with Gasteiger partial charge in [0.25, 0.3) is 0 Å². The van der Waals surface area contributed by atoms with Crippen LogP contribution in [0.2, 0.25) is 0 Å². The van der Waals surface area contributed by atoms with Gasteiger partial charge in [-0.3, -0.25) is 9.78 Å². The van der Waals surface area contributed by atoms with E-state index in [1.165, 1.54) is 9.80 Å². The number of hydrogen-bond acceptors (Lipinski definition) is 4. The summed E-state index contributed by atoms with van der Waals surface area (Å²) in [5.41, 5.74) is 0.732. The number of ether oxygens (including phenoxy) is 1. The molecule has 0 aliphatic rings. The fourth-order valence-corrected chi connectivity index (χ4v) is 1.70. The third-order valence-corrected chi connectivity index (χ3v) is 3.03. The number of aromatic nitrogens is 1. The summed E-state index contributed by atoms with van der Waals surface area (Å²) in [6, 6.07) is 4.83. The highest BCUT2D eigenvalue weighted by atomic mass is 16.5. The number of nitrogens with zero attached hydrogens (tertiary/aromatic N) is 3. The number of carbonyl (C=O) groups is 2. The van der Waals surface area contributed by atoms with Gasteiger partial charge in [-0.15, -0.1) is 0 Å². The van der Waals surface area contributed by atoms with Crippen LogP contribution in [-0.2, 0) is 9.53 Å². The normalized spacial score (nSPS) is 11.6. The largest absolute Gasteiger partial charge is 0.382 e. The van der Waals surface area contributed by atoms with Gasteiger partial charge >= 0.3 is 6.03 Å². The molecule has 21 heavy (non-hydrogen) atoms. The quantitative estimate of drug-likeness (QED) is 0.829. The Hall–Kier alpha value is -2.15. The van der Waals surface area contributed by atoms with Crippen LogP contribution in [0.15, 0.2) is 24.4 Å². The minimum Gasteiger partial charge on any atom is -0.382 e. The second kappa shape index (κ2) is 8.21. The van der Waals surface area contributed by atoms with Crippen LogP contribution in [-0.4, -0.2) is 68.1 Å². The molecule has 1 rings (SSSR count). The van der Waals surface area contributed by atoms with Crippen LogP contribution in [0.1, 0.15) is 11.7 Å². The lowest BCUT2D eigenvalue weighted by molar-refractivity contribution is -0.127. The van der Waals surface area contributed by atoms with Crippen LogP contribution in [0.5, 0.6) is 0 Å². The predicted octanol–water partition coefficient (Wildman–Crippen LogP) is 0.499. The molecule has 1 aromatic heterocycles. The molecule has 0 aliphatic heterocycles. The average Bonchev–Trinajstić information content (AvgIpc) is 2.49. The fourth-order valence-electron chi connectivity index (χ4n) is 1.70. The van der Waals surface area contributed by atoms with Crippen LogP contribution in [0, 0.1) is 0 Å². The third kappa shape index (κ3) is 5.03. The van der Waals surface area contributed by atoms with E-state index in [-0.39, 0.29) is 24.5 Å². The SMILES string of the molecule is COC[C@@H](c1ccccn1)N(C)C(=O)NCC(=O)N(C)C. The van der Waals surface area contributed by atoms with E-state index in [2.05, 4.69) is 10.3 Å². The molecule has 1 atom stereocenters. The van der Waals surface area contributed by atoms with Crippen molar-refractivity contribution in [3.05, 3.63) is 30.1 Å².